The van der Waals surface area contributed by atoms with E-state index in [2.05, 4.69) is 102 Å². The first-order valence-corrected chi connectivity index (χ1v) is 10.3. The average molecular weight is 380 g/mol. The van der Waals surface area contributed by atoms with Crippen LogP contribution in [0.2, 0.25) is 0 Å². The van der Waals surface area contributed by atoms with Crippen molar-refractivity contribution in [2.45, 2.75) is 12.6 Å². The minimum Gasteiger partial charge on any atom is -0.371 e. The van der Waals surface area contributed by atoms with Gasteiger partial charge in [-0.05, 0) is 39.5 Å². The summed E-state index contributed by atoms with van der Waals surface area (Å²) < 4.78 is 6.18. The molecule has 144 valence electrons. The molecule has 1 unspecified atom stereocenters. The Kier molecular flexibility index (Phi) is 5.12. The fraction of sp³-hybridized carbons (Fsp3) is 0.185. The zero-order valence-electron chi connectivity index (χ0n) is 16.5. The van der Waals surface area contributed by atoms with Crippen LogP contribution in [0.1, 0.15) is 27.8 Å². The van der Waals surface area contributed by atoms with Gasteiger partial charge in [0.05, 0.1) is 12.7 Å². The molecule has 0 N–H and O–H groups in total. The topological polar surface area (TPSA) is 12.5 Å². The largest absolute Gasteiger partial charge is 0.371 e. The highest BCUT2D eigenvalue weighted by molar-refractivity contribution is 5.93. The minimum atomic E-state index is 0.0849. The van der Waals surface area contributed by atoms with Crippen LogP contribution in [0.3, 0.4) is 0 Å². The second kappa shape index (κ2) is 8.20. The molecule has 1 fully saturated rings. The van der Waals surface area contributed by atoms with Crippen molar-refractivity contribution >= 4 is 17.7 Å². The Morgan fingerprint density at radius 3 is 2.10 bits per heavy atom. The molecule has 0 spiro atoms. The van der Waals surface area contributed by atoms with Gasteiger partial charge in [0.2, 0.25) is 0 Å². The van der Waals surface area contributed by atoms with Crippen LogP contribution >= 0.6 is 0 Å². The molecule has 0 radical (unpaired) electrons. The van der Waals surface area contributed by atoms with E-state index in [4.69, 9.17) is 4.74 Å². The second-order valence-corrected chi connectivity index (χ2v) is 7.72. The molecule has 0 saturated carbocycles. The van der Waals surface area contributed by atoms with Crippen LogP contribution in [0, 0.1) is 0 Å². The third kappa shape index (κ3) is 3.95. The molecule has 3 aromatic rings. The van der Waals surface area contributed by atoms with Crippen LogP contribution in [-0.2, 0) is 11.3 Å². The van der Waals surface area contributed by atoms with Crippen molar-refractivity contribution in [1.29, 1.82) is 0 Å². The molecule has 1 saturated heterocycles. The molecule has 1 aliphatic carbocycles. The smallest absolute Gasteiger partial charge is 0.0892 e. The van der Waals surface area contributed by atoms with E-state index >= 15 is 0 Å². The maximum atomic E-state index is 6.18. The number of morpholine rings is 1. The van der Waals surface area contributed by atoms with Crippen molar-refractivity contribution < 1.29 is 4.74 Å². The van der Waals surface area contributed by atoms with Gasteiger partial charge >= 0.3 is 0 Å². The first kappa shape index (κ1) is 18.1. The lowest BCUT2D eigenvalue weighted by molar-refractivity contribution is -0.00624. The maximum Gasteiger partial charge on any atom is 0.0892 e. The highest BCUT2D eigenvalue weighted by Gasteiger charge is 2.22. The van der Waals surface area contributed by atoms with Crippen molar-refractivity contribution in [3.8, 4) is 0 Å². The molecule has 0 aromatic heterocycles. The summed E-state index contributed by atoms with van der Waals surface area (Å²) in [5, 5.41) is 0. The number of nitrogens with zero attached hydrogens (tertiary/aromatic N) is 1. The van der Waals surface area contributed by atoms with E-state index in [9.17, 15) is 0 Å². The number of rotatable bonds is 3. The molecule has 1 heterocycles. The number of hydrogen-bond acceptors (Lipinski definition) is 2. The van der Waals surface area contributed by atoms with Crippen molar-refractivity contribution in [3.63, 3.8) is 0 Å². The number of hydrogen-bond donors (Lipinski definition) is 0. The molecule has 0 amide bonds. The Bertz CT molecular complexity index is 999. The fourth-order valence-corrected chi connectivity index (χ4v) is 4.28. The first-order valence-electron chi connectivity index (χ1n) is 10.3. The van der Waals surface area contributed by atoms with Crippen molar-refractivity contribution in [3.05, 3.63) is 113 Å². The van der Waals surface area contributed by atoms with E-state index in [1.165, 1.54) is 33.4 Å². The Hall–Kier alpha value is -2.94. The molecule has 0 bridgehead atoms. The van der Waals surface area contributed by atoms with Gasteiger partial charge in [-0.15, -0.1) is 0 Å². The minimum absolute atomic E-state index is 0.0849. The summed E-state index contributed by atoms with van der Waals surface area (Å²) in [6.45, 7) is 3.63. The summed E-state index contributed by atoms with van der Waals surface area (Å²) in [7, 11) is 0. The Balaban J connectivity index is 1.47. The molecule has 2 heteroatoms. The first-order chi connectivity index (χ1) is 14.4. The van der Waals surface area contributed by atoms with E-state index in [1.807, 2.05) is 0 Å². The van der Waals surface area contributed by atoms with Crippen LogP contribution in [-0.4, -0.2) is 30.7 Å². The molecule has 1 aliphatic heterocycles. The summed E-state index contributed by atoms with van der Waals surface area (Å²) >= 11 is 0. The van der Waals surface area contributed by atoms with E-state index in [-0.39, 0.29) is 6.10 Å². The van der Waals surface area contributed by atoms with Gasteiger partial charge in [-0.1, -0.05) is 91.0 Å². The van der Waals surface area contributed by atoms with Gasteiger partial charge < -0.3 is 4.74 Å². The van der Waals surface area contributed by atoms with Crippen molar-refractivity contribution in [2.24, 2.45) is 0 Å². The van der Waals surface area contributed by atoms with E-state index in [0.29, 0.717) is 0 Å². The Morgan fingerprint density at radius 2 is 1.41 bits per heavy atom. The molecule has 5 rings (SSSR count). The van der Waals surface area contributed by atoms with Crippen LogP contribution in [0.15, 0.2) is 84.9 Å². The summed E-state index contributed by atoms with van der Waals surface area (Å²) in [5.41, 5.74) is 7.69. The maximum absolute atomic E-state index is 6.18. The molecule has 3 aromatic carbocycles. The lowest BCUT2D eigenvalue weighted by atomic mass is 9.92. The molecule has 2 aliphatic rings. The van der Waals surface area contributed by atoms with Gasteiger partial charge in [0, 0.05) is 19.6 Å². The molecular formula is C27H25NO. The van der Waals surface area contributed by atoms with E-state index in [1.54, 1.807) is 0 Å². The third-order valence-electron chi connectivity index (χ3n) is 5.72. The van der Waals surface area contributed by atoms with E-state index < -0.39 is 0 Å². The quantitative estimate of drug-likeness (QED) is 0.466. The predicted molar refractivity (Wildman–Crippen MR) is 120 cm³/mol. The van der Waals surface area contributed by atoms with Gasteiger partial charge in [-0.25, -0.2) is 0 Å². The van der Waals surface area contributed by atoms with Crippen LogP contribution < -0.4 is 0 Å². The lowest BCUT2D eigenvalue weighted by Gasteiger charge is -2.32. The van der Waals surface area contributed by atoms with Crippen LogP contribution in [0.25, 0.3) is 17.7 Å². The van der Waals surface area contributed by atoms with Gasteiger partial charge in [0.15, 0.2) is 0 Å². The SMILES string of the molecule is C1=Cc2ccccc2C(=CC2CN(Cc3ccccc3)CCO2)c2ccccc21. The highest BCUT2D eigenvalue weighted by Crippen LogP contribution is 2.34. The fourth-order valence-electron chi connectivity index (χ4n) is 4.28. The summed E-state index contributed by atoms with van der Waals surface area (Å²) in [6.07, 6.45) is 6.86. The number of fused-ring (bicyclic) bond motifs is 2. The molecular weight excluding hydrogens is 354 g/mol. The predicted octanol–water partition coefficient (Wildman–Crippen LogP) is 5.50. The Morgan fingerprint density at radius 1 is 0.793 bits per heavy atom. The molecule has 1 atom stereocenters. The second-order valence-electron chi connectivity index (χ2n) is 7.72. The zero-order chi connectivity index (χ0) is 19.5. The standard InChI is InChI=1S/C27H25NO/c1-2-8-21(9-3-1)19-28-16-17-29-24(20-28)18-27-25-12-6-4-10-22(25)14-15-23-11-5-7-13-26(23)27/h1-15,18,24H,16-17,19-20H2. The zero-order valence-corrected chi connectivity index (χ0v) is 16.5. The molecule has 29 heavy (non-hydrogen) atoms. The van der Waals surface area contributed by atoms with Gasteiger partial charge in [0.25, 0.3) is 0 Å². The van der Waals surface area contributed by atoms with Crippen LogP contribution in [0.5, 0.6) is 0 Å². The summed E-state index contributed by atoms with van der Waals surface area (Å²) in [4.78, 5) is 2.49. The number of ether oxygens (including phenoxy) is 1. The Labute approximate surface area is 172 Å². The lowest BCUT2D eigenvalue weighted by Crippen LogP contribution is -2.41. The van der Waals surface area contributed by atoms with E-state index in [0.717, 1.165) is 26.2 Å². The van der Waals surface area contributed by atoms with Gasteiger partial charge in [-0.2, -0.15) is 0 Å². The summed E-state index contributed by atoms with van der Waals surface area (Å²) in [6, 6.07) is 28.0. The monoisotopic (exact) mass is 379 g/mol. The van der Waals surface area contributed by atoms with Gasteiger partial charge in [-0.3, -0.25) is 4.90 Å². The van der Waals surface area contributed by atoms with Crippen molar-refractivity contribution in [1.82, 2.24) is 4.90 Å². The van der Waals surface area contributed by atoms with Crippen molar-refractivity contribution in [2.75, 3.05) is 19.7 Å². The average Bonchev–Trinajstić information content (AvgIpc) is 2.92. The van der Waals surface area contributed by atoms with Crippen LogP contribution in [0.4, 0.5) is 0 Å². The highest BCUT2D eigenvalue weighted by atomic mass is 16.5. The number of benzene rings is 3. The summed E-state index contributed by atoms with van der Waals surface area (Å²) in [5.74, 6) is 0. The van der Waals surface area contributed by atoms with Gasteiger partial charge in [0.1, 0.15) is 0 Å². The normalized spacial score (nSPS) is 18.6. The third-order valence-corrected chi connectivity index (χ3v) is 5.72. The molecule has 2 nitrogen and oxygen atoms in total.